The molecule has 4 rings (SSSR count). The van der Waals surface area contributed by atoms with Gasteiger partial charge in [-0.25, -0.2) is 0 Å². The first-order valence-electron chi connectivity index (χ1n) is 9.34. The summed E-state index contributed by atoms with van der Waals surface area (Å²) in [7, 11) is 0. The smallest absolute Gasteiger partial charge is 0.223 e. The molecule has 2 heterocycles. The normalized spacial score (nSPS) is 24.4. The molecule has 0 spiro atoms. The third kappa shape index (κ3) is 3.90. The zero-order valence-corrected chi connectivity index (χ0v) is 15.4. The summed E-state index contributed by atoms with van der Waals surface area (Å²) in [6.45, 7) is 3.79. The second-order valence-corrected chi connectivity index (χ2v) is 7.59. The molecule has 5 heteroatoms. The Morgan fingerprint density at radius 3 is 2.40 bits per heavy atom. The number of ketones is 1. The van der Waals surface area contributed by atoms with Crippen molar-refractivity contribution in [3.05, 3.63) is 34.9 Å². The van der Waals surface area contributed by atoms with E-state index in [-0.39, 0.29) is 24.1 Å². The summed E-state index contributed by atoms with van der Waals surface area (Å²) in [5.74, 6) is 1.49. The fourth-order valence-corrected chi connectivity index (χ4v) is 4.49. The average Bonchev–Trinajstić information content (AvgIpc) is 3.21. The summed E-state index contributed by atoms with van der Waals surface area (Å²) in [5.41, 5.74) is 3.51. The van der Waals surface area contributed by atoms with Crippen LogP contribution < -0.4 is 5.32 Å². The van der Waals surface area contributed by atoms with Gasteiger partial charge < -0.3 is 10.2 Å². The average molecular weight is 363 g/mol. The minimum absolute atomic E-state index is 0. The zero-order valence-electron chi connectivity index (χ0n) is 14.6. The summed E-state index contributed by atoms with van der Waals surface area (Å²) < 4.78 is 0. The number of likely N-dealkylation sites (tertiary alicyclic amines) is 1. The first-order chi connectivity index (χ1) is 11.7. The Labute approximate surface area is 155 Å². The van der Waals surface area contributed by atoms with Crippen molar-refractivity contribution in [2.75, 3.05) is 26.2 Å². The number of halogens is 1. The minimum atomic E-state index is 0. The molecule has 2 saturated heterocycles. The van der Waals surface area contributed by atoms with E-state index in [0.29, 0.717) is 24.7 Å². The highest BCUT2D eigenvalue weighted by atomic mass is 35.5. The molecular formula is C20H27ClN2O2. The molecule has 4 nitrogen and oxygen atoms in total. The number of amides is 1. The molecule has 1 N–H and O–H groups in total. The van der Waals surface area contributed by atoms with Gasteiger partial charge in [0.15, 0.2) is 5.78 Å². The number of benzene rings is 1. The van der Waals surface area contributed by atoms with Crippen molar-refractivity contribution in [3.8, 4) is 0 Å². The third-order valence-electron chi connectivity index (χ3n) is 5.98. The topological polar surface area (TPSA) is 49.4 Å². The van der Waals surface area contributed by atoms with Crippen LogP contribution in [0.15, 0.2) is 18.2 Å². The largest absolute Gasteiger partial charge is 0.342 e. The zero-order chi connectivity index (χ0) is 16.5. The van der Waals surface area contributed by atoms with Crippen molar-refractivity contribution in [1.82, 2.24) is 10.2 Å². The van der Waals surface area contributed by atoms with Gasteiger partial charge in [-0.2, -0.15) is 0 Å². The monoisotopic (exact) mass is 362 g/mol. The van der Waals surface area contributed by atoms with Gasteiger partial charge >= 0.3 is 0 Å². The van der Waals surface area contributed by atoms with Crippen molar-refractivity contribution >= 4 is 24.1 Å². The van der Waals surface area contributed by atoms with Crippen molar-refractivity contribution in [2.24, 2.45) is 11.8 Å². The van der Waals surface area contributed by atoms with Crippen LogP contribution >= 0.6 is 12.4 Å². The molecule has 25 heavy (non-hydrogen) atoms. The number of Topliss-reactive ketones (excluding diaryl/α,β-unsaturated/α-hetero) is 1. The molecule has 0 saturated carbocycles. The Morgan fingerprint density at radius 1 is 1.00 bits per heavy atom. The Bertz CT molecular complexity index is 649. The summed E-state index contributed by atoms with van der Waals surface area (Å²) in [4.78, 5) is 26.8. The number of hydrogen-bond acceptors (Lipinski definition) is 3. The van der Waals surface area contributed by atoms with Gasteiger partial charge in [-0.1, -0.05) is 12.1 Å². The van der Waals surface area contributed by atoms with Gasteiger partial charge in [0.2, 0.25) is 5.91 Å². The highest BCUT2D eigenvalue weighted by Crippen LogP contribution is 2.27. The van der Waals surface area contributed by atoms with Gasteiger partial charge in [0.25, 0.3) is 0 Å². The minimum Gasteiger partial charge on any atom is -0.342 e. The van der Waals surface area contributed by atoms with Gasteiger partial charge in [0.05, 0.1) is 0 Å². The first kappa shape index (κ1) is 18.4. The predicted octanol–water partition coefficient (Wildman–Crippen LogP) is 2.63. The van der Waals surface area contributed by atoms with E-state index in [1.54, 1.807) is 0 Å². The van der Waals surface area contributed by atoms with Gasteiger partial charge in [0.1, 0.15) is 0 Å². The lowest BCUT2D eigenvalue weighted by Gasteiger charge is -2.18. The number of hydrogen-bond donors (Lipinski definition) is 1. The van der Waals surface area contributed by atoms with E-state index in [4.69, 9.17) is 0 Å². The van der Waals surface area contributed by atoms with Crippen LogP contribution in [0.5, 0.6) is 0 Å². The molecule has 1 aromatic rings. The second kappa shape index (κ2) is 7.88. The van der Waals surface area contributed by atoms with E-state index in [2.05, 4.69) is 17.4 Å². The van der Waals surface area contributed by atoms with Gasteiger partial charge in [-0.05, 0) is 54.7 Å². The standard InChI is InChI=1S/C20H26N2O2.ClH/c23-19(16-6-5-14-3-1-2-4-15(14)9-16)7-8-20(24)22-12-17-10-21-11-18(17)13-22;/h5-6,9,17-18,21H,1-4,7-8,10-13H2;1H/t17-,18+;. The number of carbonyl (C=O) groups is 2. The van der Waals surface area contributed by atoms with Crippen LogP contribution in [0.2, 0.25) is 0 Å². The second-order valence-electron chi connectivity index (χ2n) is 7.59. The Balaban J connectivity index is 0.00000182. The van der Waals surface area contributed by atoms with Crippen LogP contribution in [0.4, 0.5) is 0 Å². The molecule has 1 aliphatic carbocycles. The molecule has 3 aliphatic rings. The van der Waals surface area contributed by atoms with E-state index >= 15 is 0 Å². The summed E-state index contributed by atoms with van der Waals surface area (Å²) in [6.07, 6.45) is 5.37. The third-order valence-corrected chi connectivity index (χ3v) is 5.98. The molecule has 2 aliphatic heterocycles. The van der Waals surface area contributed by atoms with Crippen LogP contribution in [-0.2, 0) is 17.6 Å². The Morgan fingerprint density at radius 2 is 1.68 bits per heavy atom. The van der Waals surface area contributed by atoms with Crippen LogP contribution in [-0.4, -0.2) is 42.8 Å². The molecule has 0 bridgehead atoms. The predicted molar refractivity (Wildman–Crippen MR) is 100 cm³/mol. The Kier molecular flexibility index (Phi) is 5.80. The lowest BCUT2D eigenvalue weighted by Crippen LogP contribution is -2.32. The molecule has 1 aromatic carbocycles. The maximum absolute atomic E-state index is 12.5. The highest BCUT2D eigenvalue weighted by Gasteiger charge is 2.37. The molecule has 136 valence electrons. The maximum Gasteiger partial charge on any atom is 0.223 e. The van der Waals surface area contributed by atoms with E-state index in [1.165, 1.54) is 24.0 Å². The van der Waals surface area contributed by atoms with Gasteiger partial charge in [-0.15, -0.1) is 12.4 Å². The highest BCUT2D eigenvalue weighted by molar-refractivity contribution is 5.98. The van der Waals surface area contributed by atoms with E-state index in [1.807, 2.05) is 11.0 Å². The van der Waals surface area contributed by atoms with Crippen molar-refractivity contribution in [3.63, 3.8) is 0 Å². The lowest BCUT2D eigenvalue weighted by atomic mass is 9.89. The van der Waals surface area contributed by atoms with Gasteiger partial charge in [-0.3, -0.25) is 9.59 Å². The molecule has 2 fully saturated rings. The fourth-order valence-electron chi connectivity index (χ4n) is 4.49. The molecule has 2 atom stereocenters. The van der Waals surface area contributed by atoms with E-state index < -0.39 is 0 Å². The fraction of sp³-hybridized carbons (Fsp3) is 0.600. The number of aryl methyl sites for hydroxylation is 2. The number of nitrogens with zero attached hydrogens (tertiary/aromatic N) is 1. The van der Waals surface area contributed by atoms with Crippen LogP contribution in [0.1, 0.15) is 47.2 Å². The number of fused-ring (bicyclic) bond motifs is 2. The molecule has 0 unspecified atom stereocenters. The van der Waals surface area contributed by atoms with Crippen LogP contribution in [0.3, 0.4) is 0 Å². The quantitative estimate of drug-likeness (QED) is 0.838. The van der Waals surface area contributed by atoms with Crippen LogP contribution in [0, 0.1) is 11.8 Å². The summed E-state index contributed by atoms with van der Waals surface area (Å²) in [5, 5.41) is 3.39. The van der Waals surface area contributed by atoms with Gasteiger partial charge in [0, 0.05) is 44.6 Å². The molecule has 0 aromatic heterocycles. The Hall–Kier alpha value is -1.39. The lowest BCUT2D eigenvalue weighted by molar-refractivity contribution is -0.130. The first-order valence-corrected chi connectivity index (χ1v) is 9.34. The van der Waals surface area contributed by atoms with E-state index in [0.717, 1.165) is 44.6 Å². The molecule has 1 amide bonds. The molecule has 0 radical (unpaired) electrons. The van der Waals surface area contributed by atoms with Crippen molar-refractivity contribution in [1.29, 1.82) is 0 Å². The van der Waals surface area contributed by atoms with Crippen molar-refractivity contribution in [2.45, 2.75) is 38.5 Å². The SMILES string of the molecule is Cl.O=C(CCC(=O)N1C[C@H]2CNC[C@H]2C1)c1ccc2c(c1)CCCC2. The number of carbonyl (C=O) groups excluding carboxylic acids is 2. The van der Waals surface area contributed by atoms with E-state index in [9.17, 15) is 9.59 Å². The number of nitrogens with one attached hydrogen (secondary N) is 1. The number of rotatable bonds is 4. The van der Waals surface area contributed by atoms with Crippen LogP contribution in [0.25, 0.3) is 0 Å². The summed E-state index contributed by atoms with van der Waals surface area (Å²) in [6, 6.07) is 6.12. The summed E-state index contributed by atoms with van der Waals surface area (Å²) >= 11 is 0. The maximum atomic E-state index is 12.5. The van der Waals surface area contributed by atoms with Crippen molar-refractivity contribution < 1.29 is 9.59 Å². The molecular weight excluding hydrogens is 336 g/mol.